The number of esters is 2. The number of cyclic esters (lactones) is 2. The summed E-state index contributed by atoms with van der Waals surface area (Å²) in [6, 6.07) is 0. The van der Waals surface area contributed by atoms with Gasteiger partial charge in [0.2, 0.25) is 0 Å². The highest BCUT2D eigenvalue weighted by Crippen LogP contribution is 2.69. The van der Waals surface area contributed by atoms with Crippen molar-refractivity contribution in [2.24, 2.45) is 34.0 Å². The summed E-state index contributed by atoms with van der Waals surface area (Å²) >= 11 is 0. The Morgan fingerprint density at radius 2 is 1.92 bits per heavy atom. The number of hydrogen-bond acceptors (Lipinski definition) is 4. The molecule has 0 radical (unpaired) electrons. The standard InChI is InChI=1S/C20H26O4/c1-12-8-20-9-13(12)4-5-14(20)19(11-24-17(20)22)7-3-6-18(2)15(19)10-23-16(18)21/h13-15H,1,3-11H2,2H3/t13-,14+,15-,18-,19-,20+/m1/s1. The van der Waals surface area contributed by atoms with Crippen LogP contribution < -0.4 is 0 Å². The SMILES string of the molecule is C=C1C[C@]23C[C@H]1CC[C@H]2[C@@]1(CCC[C@@]2(C)C(=O)OC[C@@H]12)COC3=O. The summed E-state index contributed by atoms with van der Waals surface area (Å²) in [6.07, 6.45) is 6.90. The molecule has 0 N–H and O–H groups in total. The monoisotopic (exact) mass is 330 g/mol. The Morgan fingerprint density at radius 3 is 2.75 bits per heavy atom. The predicted molar refractivity (Wildman–Crippen MR) is 86.8 cm³/mol. The second-order valence-corrected chi connectivity index (χ2v) is 9.25. The lowest BCUT2D eigenvalue weighted by molar-refractivity contribution is -0.210. The van der Waals surface area contributed by atoms with Crippen molar-refractivity contribution in [3.63, 3.8) is 0 Å². The van der Waals surface area contributed by atoms with E-state index in [4.69, 9.17) is 9.47 Å². The quantitative estimate of drug-likeness (QED) is 0.505. The van der Waals surface area contributed by atoms with Crippen molar-refractivity contribution in [3.8, 4) is 0 Å². The highest BCUT2D eigenvalue weighted by atomic mass is 16.5. The van der Waals surface area contributed by atoms with E-state index >= 15 is 0 Å². The van der Waals surface area contributed by atoms with E-state index in [1.54, 1.807) is 0 Å². The molecule has 0 aromatic rings. The van der Waals surface area contributed by atoms with Crippen LogP contribution in [0.15, 0.2) is 12.2 Å². The van der Waals surface area contributed by atoms with E-state index in [1.807, 2.05) is 0 Å². The Hall–Kier alpha value is -1.32. The highest BCUT2D eigenvalue weighted by molar-refractivity contribution is 5.81. The zero-order chi connectivity index (χ0) is 16.7. The summed E-state index contributed by atoms with van der Waals surface area (Å²) in [5, 5.41) is 0. The van der Waals surface area contributed by atoms with Gasteiger partial charge in [-0.1, -0.05) is 18.6 Å². The van der Waals surface area contributed by atoms with Gasteiger partial charge in [-0.25, -0.2) is 0 Å². The number of hydrogen-bond donors (Lipinski definition) is 0. The first-order valence-electron chi connectivity index (χ1n) is 9.45. The fourth-order valence-corrected chi connectivity index (χ4v) is 7.28. The van der Waals surface area contributed by atoms with Gasteiger partial charge in [-0.2, -0.15) is 0 Å². The molecular formula is C20H26O4. The Kier molecular flexibility index (Phi) is 2.77. The van der Waals surface area contributed by atoms with Crippen molar-refractivity contribution in [2.75, 3.05) is 13.2 Å². The summed E-state index contributed by atoms with van der Waals surface area (Å²) in [5.41, 5.74) is 0.393. The second-order valence-electron chi connectivity index (χ2n) is 9.25. The van der Waals surface area contributed by atoms with Crippen molar-refractivity contribution in [2.45, 2.75) is 51.9 Å². The van der Waals surface area contributed by atoms with Crippen LogP contribution in [0.2, 0.25) is 0 Å². The molecule has 0 amide bonds. The molecule has 5 rings (SSSR count). The van der Waals surface area contributed by atoms with E-state index in [0.717, 1.165) is 44.9 Å². The number of carbonyl (C=O) groups excluding carboxylic acids is 2. The molecule has 5 aliphatic rings. The van der Waals surface area contributed by atoms with Crippen molar-refractivity contribution in [3.05, 3.63) is 12.2 Å². The first-order valence-corrected chi connectivity index (χ1v) is 9.45. The van der Waals surface area contributed by atoms with Gasteiger partial charge < -0.3 is 9.47 Å². The average Bonchev–Trinajstić information content (AvgIpc) is 3.00. The zero-order valence-corrected chi connectivity index (χ0v) is 14.4. The molecule has 6 atom stereocenters. The van der Waals surface area contributed by atoms with Crippen LogP contribution in [0.5, 0.6) is 0 Å². The summed E-state index contributed by atoms with van der Waals surface area (Å²) in [4.78, 5) is 25.3. The van der Waals surface area contributed by atoms with E-state index < -0.39 is 5.41 Å². The topological polar surface area (TPSA) is 52.6 Å². The van der Waals surface area contributed by atoms with Gasteiger partial charge in [0, 0.05) is 11.3 Å². The van der Waals surface area contributed by atoms with E-state index in [9.17, 15) is 9.59 Å². The van der Waals surface area contributed by atoms with Crippen LogP contribution in [0, 0.1) is 34.0 Å². The Labute approximate surface area is 143 Å². The molecule has 130 valence electrons. The van der Waals surface area contributed by atoms with E-state index in [2.05, 4.69) is 13.5 Å². The van der Waals surface area contributed by atoms with Crippen molar-refractivity contribution in [1.29, 1.82) is 0 Å². The van der Waals surface area contributed by atoms with Gasteiger partial charge >= 0.3 is 11.9 Å². The van der Waals surface area contributed by atoms with E-state index in [-0.39, 0.29) is 28.7 Å². The molecule has 2 bridgehead atoms. The Morgan fingerprint density at radius 1 is 1.08 bits per heavy atom. The lowest BCUT2D eigenvalue weighted by Gasteiger charge is -2.59. The maximum absolute atomic E-state index is 12.9. The molecule has 4 heteroatoms. The molecule has 0 unspecified atom stereocenters. The summed E-state index contributed by atoms with van der Waals surface area (Å²) in [5.74, 6) is 0.953. The van der Waals surface area contributed by atoms with Gasteiger partial charge in [0.15, 0.2) is 0 Å². The molecule has 5 fully saturated rings. The molecule has 3 aliphatic carbocycles. The van der Waals surface area contributed by atoms with Gasteiger partial charge in [-0.15, -0.1) is 0 Å². The molecule has 4 nitrogen and oxygen atoms in total. The molecule has 2 heterocycles. The minimum atomic E-state index is -0.393. The van der Waals surface area contributed by atoms with Crippen LogP contribution >= 0.6 is 0 Å². The van der Waals surface area contributed by atoms with Crippen LogP contribution in [-0.4, -0.2) is 25.2 Å². The largest absolute Gasteiger partial charge is 0.465 e. The molecule has 24 heavy (non-hydrogen) atoms. The molecular weight excluding hydrogens is 304 g/mol. The van der Waals surface area contributed by atoms with Crippen molar-refractivity contribution >= 4 is 11.9 Å². The molecule has 2 aliphatic heterocycles. The minimum absolute atomic E-state index is 0.000932. The maximum atomic E-state index is 12.9. The van der Waals surface area contributed by atoms with E-state index in [1.165, 1.54) is 5.57 Å². The molecule has 0 aromatic heterocycles. The van der Waals surface area contributed by atoms with Crippen molar-refractivity contribution in [1.82, 2.24) is 0 Å². The number of ether oxygens (including phenoxy) is 2. The van der Waals surface area contributed by atoms with Crippen LogP contribution in [0.1, 0.15) is 51.9 Å². The zero-order valence-electron chi connectivity index (χ0n) is 14.4. The van der Waals surface area contributed by atoms with Crippen LogP contribution in [0.3, 0.4) is 0 Å². The summed E-state index contributed by atoms with van der Waals surface area (Å²) in [6.45, 7) is 7.32. The first kappa shape index (κ1) is 15.0. The third kappa shape index (κ3) is 1.52. The van der Waals surface area contributed by atoms with Gasteiger partial charge in [0.05, 0.1) is 24.0 Å². The Balaban J connectivity index is 1.62. The molecule has 0 aromatic carbocycles. The number of allylic oxidation sites excluding steroid dienone is 1. The van der Waals surface area contributed by atoms with Gasteiger partial charge in [-0.3, -0.25) is 9.59 Å². The second kappa shape index (κ2) is 4.44. The average molecular weight is 330 g/mol. The summed E-state index contributed by atoms with van der Waals surface area (Å²) < 4.78 is 11.4. The summed E-state index contributed by atoms with van der Waals surface area (Å²) in [7, 11) is 0. The number of rotatable bonds is 0. The third-order valence-corrected chi connectivity index (χ3v) is 8.42. The minimum Gasteiger partial charge on any atom is -0.465 e. The lowest BCUT2D eigenvalue weighted by Crippen LogP contribution is -2.62. The lowest BCUT2D eigenvalue weighted by atomic mass is 9.45. The fourth-order valence-electron chi connectivity index (χ4n) is 7.28. The first-order chi connectivity index (χ1) is 11.4. The molecule has 3 saturated carbocycles. The van der Waals surface area contributed by atoms with E-state index in [0.29, 0.717) is 25.0 Å². The molecule has 2 saturated heterocycles. The highest BCUT2D eigenvalue weighted by Gasteiger charge is 2.70. The third-order valence-electron chi connectivity index (χ3n) is 8.42. The normalized spacial score (nSPS) is 52.7. The van der Waals surface area contributed by atoms with Gasteiger partial charge in [0.25, 0.3) is 0 Å². The van der Waals surface area contributed by atoms with Crippen LogP contribution in [0.4, 0.5) is 0 Å². The van der Waals surface area contributed by atoms with Gasteiger partial charge in [-0.05, 0) is 57.3 Å². The number of fused-ring (bicyclic) bond motifs is 4. The Bertz CT molecular complexity index is 654. The number of carbonyl (C=O) groups is 2. The molecule has 2 spiro atoms. The smallest absolute Gasteiger partial charge is 0.312 e. The van der Waals surface area contributed by atoms with Crippen LogP contribution in [-0.2, 0) is 19.1 Å². The van der Waals surface area contributed by atoms with Crippen LogP contribution in [0.25, 0.3) is 0 Å². The van der Waals surface area contributed by atoms with Gasteiger partial charge in [0.1, 0.15) is 0 Å². The fraction of sp³-hybridized carbons (Fsp3) is 0.800. The maximum Gasteiger partial charge on any atom is 0.312 e. The van der Waals surface area contributed by atoms with Crippen molar-refractivity contribution < 1.29 is 19.1 Å². The predicted octanol–water partition coefficient (Wildman–Crippen LogP) is 3.26.